The van der Waals surface area contributed by atoms with Gasteiger partial charge in [0.1, 0.15) is 0 Å². The molecule has 4 rings (SSSR count). The third-order valence-corrected chi connectivity index (χ3v) is 7.76. The van der Waals surface area contributed by atoms with Gasteiger partial charge in [-0.05, 0) is 56.7 Å². The maximum Gasteiger partial charge on any atom is 0.318 e. The molecule has 0 atom stereocenters. The van der Waals surface area contributed by atoms with Gasteiger partial charge in [-0.2, -0.15) is 0 Å². The molecule has 0 bridgehead atoms. The summed E-state index contributed by atoms with van der Waals surface area (Å²) in [5, 5.41) is 4.48. The monoisotopic (exact) mass is 492 g/mol. The Hall–Kier alpha value is -1.96. The van der Waals surface area contributed by atoms with Crippen molar-refractivity contribution in [1.82, 2.24) is 24.7 Å². The first kappa shape index (κ1) is 24.2. The summed E-state index contributed by atoms with van der Waals surface area (Å²) >= 11 is 12.6. The molecule has 1 saturated heterocycles. The fourth-order valence-corrected chi connectivity index (χ4v) is 5.29. The fraction of sp³-hybridized carbons (Fsp3) is 0.583. The number of aromatic nitrogens is 2. The molecule has 0 unspecified atom stereocenters. The van der Waals surface area contributed by atoms with E-state index in [4.69, 9.17) is 23.2 Å². The van der Waals surface area contributed by atoms with Gasteiger partial charge in [-0.1, -0.05) is 29.3 Å². The minimum atomic E-state index is -0.00942. The van der Waals surface area contributed by atoms with Gasteiger partial charge < -0.3 is 19.7 Å². The summed E-state index contributed by atoms with van der Waals surface area (Å²) in [7, 11) is 1.82. The molecule has 1 aliphatic carbocycles. The highest BCUT2D eigenvalue weighted by Gasteiger charge is 2.25. The van der Waals surface area contributed by atoms with Gasteiger partial charge in [-0.15, -0.1) is 0 Å². The predicted octanol–water partition coefficient (Wildman–Crippen LogP) is 4.56. The maximum atomic E-state index is 12.5. The summed E-state index contributed by atoms with van der Waals surface area (Å²) in [4.78, 5) is 23.1. The van der Waals surface area contributed by atoms with Gasteiger partial charge in [0, 0.05) is 51.7 Å². The van der Waals surface area contributed by atoms with Crippen LogP contribution in [0.4, 0.5) is 10.5 Å². The van der Waals surface area contributed by atoms with Crippen LogP contribution in [0.15, 0.2) is 36.9 Å². The molecule has 1 aromatic heterocycles. The van der Waals surface area contributed by atoms with Gasteiger partial charge in [-0.25, -0.2) is 9.78 Å². The molecule has 2 heterocycles. The van der Waals surface area contributed by atoms with Crippen molar-refractivity contribution in [2.24, 2.45) is 5.92 Å². The molecule has 1 aromatic carbocycles. The van der Waals surface area contributed by atoms with Crippen LogP contribution in [-0.2, 0) is 6.67 Å². The number of amides is 2. The first-order valence-electron chi connectivity index (χ1n) is 11.9. The second-order valence-electron chi connectivity index (χ2n) is 9.27. The highest BCUT2D eigenvalue weighted by Crippen LogP contribution is 2.33. The van der Waals surface area contributed by atoms with Crippen molar-refractivity contribution in [1.29, 1.82) is 0 Å². The van der Waals surface area contributed by atoms with Gasteiger partial charge in [0.05, 0.1) is 28.7 Å². The van der Waals surface area contributed by atoms with Crippen LogP contribution in [-0.4, -0.2) is 71.2 Å². The molecule has 1 saturated carbocycles. The molecule has 33 heavy (non-hydrogen) atoms. The van der Waals surface area contributed by atoms with E-state index in [1.54, 1.807) is 17.4 Å². The van der Waals surface area contributed by atoms with E-state index < -0.39 is 0 Å². The number of anilines is 1. The van der Waals surface area contributed by atoms with E-state index in [0.717, 1.165) is 57.2 Å². The Labute approximate surface area is 206 Å². The Morgan fingerprint density at radius 1 is 1.15 bits per heavy atom. The molecule has 180 valence electrons. The van der Waals surface area contributed by atoms with Crippen LogP contribution < -0.4 is 10.2 Å². The molecule has 1 aliphatic heterocycles. The lowest BCUT2D eigenvalue weighted by Crippen LogP contribution is -2.47. The highest BCUT2D eigenvalue weighted by atomic mass is 35.5. The van der Waals surface area contributed by atoms with Crippen molar-refractivity contribution in [3.8, 4) is 0 Å². The normalized spacial score (nSPS) is 21.7. The fourth-order valence-electron chi connectivity index (χ4n) is 4.87. The standard InChI is InChI=1S/C24H34Cl2N6O/c1-29(18-31-12-10-27-17-31)24(33)28-20-7-5-19(6-8-20)9-11-30-13-15-32(16-14-30)22-4-2-3-21(25)23(22)26/h2-4,10,12,17,19-20H,5-9,11,13-16,18H2,1H3,(H,28,33). The molecule has 2 amide bonds. The summed E-state index contributed by atoms with van der Waals surface area (Å²) in [5.74, 6) is 0.752. The van der Waals surface area contributed by atoms with Crippen LogP contribution in [0.2, 0.25) is 10.0 Å². The van der Waals surface area contributed by atoms with E-state index in [2.05, 4.69) is 26.2 Å². The Balaban J connectivity index is 1.13. The van der Waals surface area contributed by atoms with E-state index in [1.165, 1.54) is 19.3 Å². The SMILES string of the molecule is CN(Cn1ccnc1)C(=O)NC1CCC(CCN2CCN(c3cccc(Cl)c3Cl)CC2)CC1. The summed E-state index contributed by atoms with van der Waals surface area (Å²) in [6, 6.07) is 6.13. The number of hydrogen-bond acceptors (Lipinski definition) is 4. The first-order valence-corrected chi connectivity index (χ1v) is 12.6. The highest BCUT2D eigenvalue weighted by molar-refractivity contribution is 6.43. The minimum Gasteiger partial charge on any atom is -0.368 e. The average Bonchev–Trinajstić information content (AvgIpc) is 3.34. The minimum absolute atomic E-state index is 0.00942. The van der Waals surface area contributed by atoms with Crippen LogP contribution in [0.3, 0.4) is 0 Å². The van der Waals surface area contributed by atoms with E-state index in [9.17, 15) is 4.79 Å². The number of carbonyl (C=O) groups is 1. The van der Waals surface area contributed by atoms with E-state index in [0.29, 0.717) is 16.7 Å². The lowest BCUT2D eigenvalue weighted by molar-refractivity contribution is 0.180. The third kappa shape index (κ3) is 6.55. The number of hydrogen-bond donors (Lipinski definition) is 1. The lowest BCUT2D eigenvalue weighted by atomic mass is 9.84. The van der Waals surface area contributed by atoms with Crippen molar-refractivity contribution in [3.63, 3.8) is 0 Å². The Morgan fingerprint density at radius 2 is 1.91 bits per heavy atom. The molecule has 2 aliphatic rings. The third-order valence-electron chi connectivity index (χ3n) is 6.95. The summed E-state index contributed by atoms with van der Waals surface area (Å²) < 4.78 is 1.89. The molecular formula is C24H34Cl2N6O. The average molecular weight is 493 g/mol. The van der Waals surface area contributed by atoms with E-state index in [-0.39, 0.29) is 12.1 Å². The molecule has 0 radical (unpaired) electrons. The van der Waals surface area contributed by atoms with Crippen molar-refractivity contribution in [2.45, 2.75) is 44.8 Å². The predicted molar refractivity (Wildman–Crippen MR) is 134 cm³/mol. The molecule has 1 N–H and O–H groups in total. The van der Waals surface area contributed by atoms with Crippen molar-refractivity contribution >= 4 is 34.9 Å². The number of benzene rings is 1. The van der Waals surface area contributed by atoms with Gasteiger partial charge in [-0.3, -0.25) is 4.90 Å². The number of urea groups is 1. The Morgan fingerprint density at radius 3 is 2.61 bits per heavy atom. The maximum absolute atomic E-state index is 12.5. The molecule has 7 nitrogen and oxygen atoms in total. The smallest absolute Gasteiger partial charge is 0.318 e. The second kappa shape index (κ2) is 11.4. The Kier molecular flexibility index (Phi) is 8.39. The first-order chi connectivity index (χ1) is 16.0. The van der Waals surface area contributed by atoms with E-state index in [1.807, 2.05) is 29.9 Å². The van der Waals surface area contributed by atoms with Gasteiger partial charge in [0.2, 0.25) is 0 Å². The molecule has 0 spiro atoms. The zero-order valence-electron chi connectivity index (χ0n) is 19.3. The van der Waals surface area contributed by atoms with Crippen LogP contribution in [0.5, 0.6) is 0 Å². The summed E-state index contributed by atoms with van der Waals surface area (Å²) in [5.41, 5.74) is 1.04. The molecule has 9 heteroatoms. The topological polar surface area (TPSA) is 56.6 Å². The Bertz CT molecular complexity index is 892. The lowest BCUT2D eigenvalue weighted by Gasteiger charge is -2.37. The molecular weight excluding hydrogens is 459 g/mol. The van der Waals surface area contributed by atoms with Gasteiger partial charge >= 0.3 is 6.03 Å². The van der Waals surface area contributed by atoms with Crippen molar-refractivity contribution in [3.05, 3.63) is 47.0 Å². The quantitative estimate of drug-likeness (QED) is 0.615. The number of nitrogens with zero attached hydrogens (tertiary/aromatic N) is 5. The van der Waals surface area contributed by atoms with Crippen molar-refractivity contribution < 1.29 is 4.79 Å². The molecule has 2 aromatic rings. The van der Waals surface area contributed by atoms with Crippen LogP contribution in [0.1, 0.15) is 32.1 Å². The number of piperazine rings is 1. The van der Waals surface area contributed by atoms with Crippen molar-refractivity contribution in [2.75, 3.05) is 44.7 Å². The number of carbonyl (C=O) groups excluding carboxylic acids is 1. The largest absolute Gasteiger partial charge is 0.368 e. The van der Waals surface area contributed by atoms with Gasteiger partial charge in [0.25, 0.3) is 0 Å². The van der Waals surface area contributed by atoms with Crippen LogP contribution in [0, 0.1) is 5.92 Å². The number of imidazole rings is 1. The van der Waals surface area contributed by atoms with E-state index >= 15 is 0 Å². The van der Waals surface area contributed by atoms with Crippen LogP contribution in [0.25, 0.3) is 0 Å². The zero-order valence-corrected chi connectivity index (χ0v) is 20.8. The number of rotatable bonds is 7. The summed E-state index contributed by atoms with van der Waals surface area (Å²) in [6.45, 7) is 5.72. The summed E-state index contributed by atoms with van der Waals surface area (Å²) in [6.07, 6.45) is 11.1. The van der Waals surface area contributed by atoms with Gasteiger partial charge in [0.15, 0.2) is 0 Å². The zero-order chi connectivity index (χ0) is 23.2. The number of nitrogens with one attached hydrogen (secondary N) is 1. The molecule has 2 fully saturated rings. The van der Waals surface area contributed by atoms with Crippen LogP contribution >= 0.6 is 23.2 Å². The second-order valence-corrected chi connectivity index (χ2v) is 10.1. The number of halogens is 2.